The Morgan fingerprint density at radius 2 is 2.36 bits per heavy atom. The molecule has 0 aromatic carbocycles. The quantitative estimate of drug-likeness (QED) is 0.432. The lowest BCUT2D eigenvalue weighted by Gasteiger charge is -1.99. The Morgan fingerprint density at radius 3 is 2.91 bits per heavy atom. The van der Waals surface area contributed by atoms with Crippen LogP contribution in [0.4, 0.5) is 0 Å². The second kappa shape index (κ2) is 7.44. The van der Waals surface area contributed by atoms with Crippen molar-refractivity contribution < 1.29 is 9.53 Å². The maximum Gasteiger partial charge on any atom is 0.158 e. The summed E-state index contributed by atoms with van der Waals surface area (Å²) in [6.45, 7) is 4.63. The van der Waals surface area contributed by atoms with Gasteiger partial charge in [-0.2, -0.15) is 0 Å². The molecule has 11 heavy (non-hydrogen) atoms. The van der Waals surface area contributed by atoms with Crippen molar-refractivity contribution in [1.82, 2.24) is 0 Å². The van der Waals surface area contributed by atoms with Crippen LogP contribution >= 0.6 is 0 Å². The Balaban J connectivity index is 3.15. The van der Waals surface area contributed by atoms with Gasteiger partial charge in [-0.05, 0) is 6.42 Å². The van der Waals surface area contributed by atoms with Gasteiger partial charge in [0.05, 0.1) is 6.61 Å². The number of hydrogen-bond acceptors (Lipinski definition) is 3. The molecule has 3 nitrogen and oxygen atoms in total. The van der Waals surface area contributed by atoms with Crippen LogP contribution in [0.3, 0.4) is 0 Å². The zero-order valence-electron chi connectivity index (χ0n) is 6.71. The van der Waals surface area contributed by atoms with E-state index in [2.05, 4.69) is 6.58 Å². The molecule has 0 radical (unpaired) electrons. The van der Waals surface area contributed by atoms with Gasteiger partial charge in [-0.3, -0.25) is 4.79 Å². The topological polar surface area (TPSA) is 52.3 Å². The predicted molar refractivity (Wildman–Crippen MR) is 44.3 cm³/mol. The van der Waals surface area contributed by atoms with Crippen molar-refractivity contribution in [3.05, 3.63) is 12.7 Å². The van der Waals surface area contributed by atoms with E-state index in [9.17, 15) is 4.79 Å². The third-order valence-electron chi connectivity index (χ3n) is 1.15. The highest BCUT2D eigenvalue weighted by atomic mass is 16.5. The average Bonchev–Trinajstić information content (AvgIpc) is 2.01. The molecule has 0 aliphatic heterocycles. The molecule has 0 heterocycles. The van der Waals surface area contributed by atoms with E-state index in [-0.39, 0.29) is 12.4 Å². The van der Waals surface area contributed by atoms with E-state index in [1.54, 1.807) is 6.08 Å². The van der Waals surface area contributed by atoms with Gasteiger partial charge in [-0.25, -0.2) is 0 Å². The van der Waals surface area contributed by atoms with Crippen molar-refractivity contribution in [3.8, 4) is 0 Å². The van der Waals surface area contributed by atoms with E-state index in [1.807, 2.05) is 0 Å². The van der Waals surface area contributed by atoms with Crippen molar-refractivity contribution in [2.75, 3.05) is 19.8 Å². The lowest BCUT2D eigenvalue weighted by Crippen LogP contribution is -2.14. The van der Waals surface area contributed by atoms with Crippen LogP contribution in [0.25, 0.3) is 0 Å². The van der Waals surface area contributed by atoms with Gasteiger partial charge >= 0.3 is 0 Å². The van der Waals surface area contributed by atoms with Crippen LogP contribution in [0.5, 0.6) is 0 Å². The Hall–Kier alpha value is -0.670. The summed E-state index contributed by atoms with van der Waals surface area (Å²) in [5.41, 5.74) is 5.16. The van der Waals surface area contributed by atoms with Gasteiger partial charge in [0.2, 0.25) is 0 Å². The molecular formula is C8H15NO2. The number of ketones is 1. The summed E-state index contributed by atoms with van der Waals surface area (Å²) in [7, 11) is 0. The number of ether oxygens (including phenoxy) is 1. The highest BCUT2D eigenvalue weighted by Gasteiger charge is 1.98. The van der Waals surface area contributed by atoms with Crippen LogP contribution < -0.4 is 5.73 Å². The first-order valence-electron chi connectivity index (χ1n) is 3.71. The number of Topliss-reactive ketones (excluding diaryl/α,β-unsaturated/α-hetero) is 1. The second-order valence-electron chi connectivity index (χ2n) is 2.21. The monoisotopic (exact) mass is 157 g/mol. The molecule has 0 fully saturated rings. The Labute approximate surface area is 67.2 Å². The molecule has 3 heteroatoms. The first-order chi connectivity index (χ1) is 5.31. The number of hydrogen-bond donors (Lipinski definition) is 1. The summed E-state index contributed by atoms with van der Waals surface area (Å²) in [5, 5.41) is 0. The molecule has 0 spiro atoms. The first kappa shape index (κ1) is 10.3. The lowest BCUT2D eigenvalue weighted by atomic mass is 10.2. The van der Waals surface area contributed by atoms with Gasteiger partial charge in [0.15, 0.2) is 5.78 Å². The maximum absolute atomic E-state index is 10.9. The molecule has 0 aromatic rings. The first-order valence-corrected chi connectivity index (χ1v) is 3.71. The van der Waals surface area contributed by atoms with Crippen LogP contribution in [0.1, 0.15) is 12.8 Å². The number of carbonyl (C=O) groups is 1. The van der Waals surface area contributed by atoms with E-state index in [0.717, 1.165) is 6.42 Å². The molecule has 0 aromatic heterocycles. The minimum Gasteiger partial charge on any atom is -0.372 e. The fraction of sp³-hybridized carbons (Fsp3) is 0.625. The fourth-order valence-electron chi connectivity index (χ4n) is 0.605. The van der Waals surface area contributed by atoms with Gasteiger partial charge in [-0.1, -0.05) is 6.08 Å². The normalized spacial score (nSPS) is 9.55. The zero-order valence-corrected chi connectivity index (χ0v) is 6.71. The molecule has 0 bridgehead atoms. The molecule has 0 aliphatic carbocycles. The van der Waals surface area contributed by atoms with Gasteiger partial charge in [0, 0.05) is 13.0 Å². The van der Waals surface area contributed by atoms with Crippen molar-refractivity contribution in [3.63, 3.8) is 0 Å². The van der Waals surface area contributed by atoms with Gasteiger partial charge in [-0.15, -0.1) is 6.58 Å². The largest absolute Gasteiger partial charge is 0.372 e. The van der Waals surface area contributed by atoms with Crippen LogP contribution in [0.15, 0.2) is 12.7 Å². The highest BCUT2D eigenvalue weighted by molar-refractivity contribution is 5.79. The molecule has 0 atom stereocenters. The fourth-order valence-corrected chi connectivity index (χ4v) is 0.605. The highest BCUT2D eigenvalue weighted by Crippen LogP contribution is 1.91. The number of rotatable bonds is 7. The lowest BCUT2D eigenvalue weighted by molar-refractivity contribution is -0.123. The zero-order chi connectivity index (χ0) is 8.53. The van der Waals surface area contributed by atoms with Gasteiger partial charge in [0.1, 0.15) is 6.61 Å². The van der Waals surface area contributed by atoms with E-state index in [1.165, 1.54) is 0 Å². The third-order valence-corrected chi connectivity index (χ3v) is 1.15. The predicted octanol–water partition coefficient (Wildman–Crippen LogP) is 0.497. The van der Waals surface area contributed by atoms with E-state index >= 15 is 0 Å². The summed E-state index contributed by atoms with van der Waals surface area (Å²) < 4.78 is 4.93. The van der Waals surface area contributed by atoms with E-state index in [4.69, 9.17) is 10.5 Å². The van der Waals surface area contributed by atoms with Crippen LogP contribution in [-0.2, 0) is 9.53 Å². The van der Waals surface area contributed by atoms with Crippen LogP contribution in [-0.4, -0.2) is 25.5 Å². The molecule has 0 aliphatic rings. The summed E-state index contributed by atoms with van der Waals surface area (Å²) in [6, 6.07) is 0. The Kier molecular flexibility index (Phi) is 6.98. The van der Waals surface area contributed by atoms with E-state index < -0.39 is 0 Å². The van der Waals surface area contributed by atoms with Crippen molar-refractivity contribution in [1.29, 1.82) is 0 Å². The molecule has 2 N–H and O–H groups in total. The third kappa shape index (κ3) is 7.22. The maximum atomic E-state index is 10.9. The van der Waals surface area contributed by atoms with Crippen molar-refractivity contribution >= 4 is 5.78 Å². The number of nitrogens with two attached hydrogens (primary N) is 1. The summed E-state index contributed by atoms with van der Waals surface area (Å²) in [6.07, 6.45) is 2.97. The smallest absolute Gasteiger partial charge is 0.158 e. The van der Waals surface area contributed by atoms with Crippen LogP contribution in [0, 0.1) is 0 Å². The molecule has 0 saturated carbocycles. The number of carbonyl (C=O) groups excluding carboxylic acids is 1. The summed E-state index contributed by atoms with van der Waals surface area (Å²) >= 11 is 0. The number of allylic oxidation sites excluding steroid dienone is 1. The molecule has 64 valence electrons. The Bertz CT molecular complexity index is 123. The van der Waals surface area contributed by atoms with E-state index in [0.29, 0.717) is 19.6 Å². The Morgan fingerprint density at radius 1 is 1.64 bits per heavy atom. The van der Waals surface area contributed by atoms with Crippen molar-refractivity contribution in [2.45, 2.75) is 12.8 Å². The molecule has 0 rings (SSSR count). The second-order valence-corrected chi connectivity index (χ2v) is 2.21. The molecule has 0 saturated heterocycles. The average molecular weight is 157 g/mol. The summed E-state index contributed by atoms with van der Waals surface area (Å²) in [4.78, 5) is 10.9. The summed E-state index contributed by atoms with van der Waals surface area (Å²) in [5.74, 6) is 0.110. The van der Waals surface area contributed by atoms with Crippen LogP contribution in [0.2, 0.25) is 0 Å². The molecular weight excluding hydrogens is 142 g/mol. The molecule has 0 unspecified atom stereocenters. The van der Waals surface area contributed by atoms with Gasteiger partial charge < -0.3 is 10.5 Å². The minimum absolute atomic E-state index is 0.110. The van der Waals surface area contributed by atoms with Crippen molar-refractivity contribution in [2.24, 2.45) is 5.73 Å². The molecule has 0 amide bonds. The van der Waals surface area contributed by atoms with Gasteiger partial charge in [0.25, 0.3) is 0 Å². The SMILES string of the molecule is C=CCCC(=O)COCCN. The standard InChI is InChI=1S/C8H15NO2/c1-2-3-4-8(10)7-11-6-5-9/h2H,1,3-7,9H2. The minimum atomic E-state index is 0.110.